The molecule has 0 radical (unpaired) electrons. The van der Waals surface area contributed by atoms with E-state index in [4.69, 9.17) is 9.47 Å². The summed E-state index contributed by atoms with van der Waals surface area (Å²) in [5, 5.41) is 0. The lowest BCUT2D eigenvalue weighted by atomic mass is 10.0. The van der Waals surface area contributed by atoms with Crippen LogP contribution in [0.25, 0.3) is 0 Å². The second-order valence-corrected chi connectivity index (χ2v) is 4.28. The summed E-state index contributed by atoms with van der Waals surface area (Å²) in [6.45, 7) is 2.23. The van der Waals surface area contributed by atoms with E-state index < -0.39 is 0 Å². The van der Waals surface area contributed by atoms with Gasteiger partial charge >= 0.3 is 0 Å². The summed E-state index contributed by atoms with van der Waals surface area (Å²) < 4.78 is 10.7. The van der Waals surface area contributed by atoms with Crippen LogP contribution < -0.4 is 9.47 Å². The summed E-state index contributed by atoms with van der Waals surface area (Å²) >= 11 is 0. The summed E-state index contributed by atoms with van der Waals surface area (Å²) in [6, 6.07) is 4.24. The molecule has 1 aromatic rings. The molecule has 0 amide bonds. The molecular formula is C13H20ClNO2. The van der Waals surface area contributed by atoms with Crippen molar-refractivity contribution >= 4 is 12.4 Å². The largest absolute Gasteiger partial charge is 0.493 e. The van der Waals surface area contributed by atoms with Gasteiger partial charge < -0.3 is 14.4 Å². The highest BCUT2D eigenvalue weighted by atomic mass is 35.5. The molecule has 0 unspecified atom stereocenters. The molecule has 1 heterocycles. The zero-order valence-corrected chi connectivity index (χ0v) is 11.5. The van der Waals surface area contributed by atoms with Gasteiger partial charge in [0.25, 0.3) is 0 Å². The minimum atomic E-state index is 0. The molecule has 0 saturated heterocycles. The summed E-state index contributed by atoms with van der Waals surface area (Å²) in [4.78, 5) is 2.36. The van der Waals surface area contributed by atoms with Crippen LogP contribution in [-0.4, -0.2) is 39.3 Å². The number of rotatable bonds is 2. The number of halogens is 1. The number of likely N-dealkylation sites (N-methyl/N-ethyl adjacent to an activating group) is 1. The van der Waals surface area contributed by atoms with Gasteiger partial charge in [-0.1, -0.05) is 0 Å². The highest BCUT2D eigenvalue weighted by Gasteiger charge is 2.15. The number of hydrogen-bond donors (Lipinski definition) is 0. The molecule has 1 aromatic carbocycles. The van der Waals surface area contributed by atoms with Gasteiger partial charge in [0.2, 0.25) is 0 Å². The van der Waals surface area contributed by atoms with Crippen LogP contribution in [0, 0.1) is 0 Å². The lowest BCUT2D eigenvalue weighted by Crippen LogP contribution is -2.20. The third kappa shape index (κ3) is 3.05. The summed E-state index contributed by atoms with van der Waals surface area (Å²) in [5.74, 6) is 1.68. The molecule has 0 aliphatic carbocycles. The van der Waals surface area contributed by atoms with Crippen LogP contribution in [0.3, 0.4) is 0 Å². The molecule has 0 atom stereocenters. The Morgan fingerprint density at radius 1 is 0.941 bits per heavy atom. The van der Waals surface area contributed by atoms with Crippen LogP contribution in [0.15, 0.2) is 12.1 Å². The second kappa shape index (κ2) is 6.12. The zero-order chi connectivity index (χ0) is 11.5. The maximum Gasteiger partial charge on any atom is 0.161 e. The van der Waals surface area contributed by atoms with Crippen LogP contribution in [0.1, 0.15) is 11.1 Å². The van der Waals surface area contributed by atoms with Crippen molar-refractivity contribution in [3.05, 3.63) is 23.3 Å². The van der Waals surface area contributed by atoms with E-state index in [1.54, 1.807) is 14.2 Å². The first-order chi connectivity index (χ1) is 7.74. The lowest BCUT2D eigenvalue weighted by Gasteiger charge is -2.12. The van der Waals surface area contributed by atoms with Crippen LogP contribution in [0.2, 0.25) is 0 Å². The van der Waals surface area contributed by atoms with E-state index in [-0.39, 0.29) is 12.4 Å². The first kappa shape index (κ1) is 14.1. The highest BCUT2D eigenvalue weighted by molar-refractivity contribution is 5.85. The predicted molar refractivity (Wildman–Crippen MR) is 71.7 cm³/mol. The summed E-state index contributed by atoms with van der Waals surface area (Å²) in [6.07, 6.45) is 2.18. The van der Waals surface area contributed by atoms with Crippen molar-refractivity contribution in [3.63, 3.8) is 0 Å². The van der Waals surface area contributed by atoms with Gasteiger partial charge in [-0.15, -0.1) is 12.4 Å². The van der Waals surface area contributed by atoms with Gasteiger partial charge in [-0.05, 0) is 43.1 Å². The minimum absolute atomic E-state index is 0. The van der Waals surface area contributed by atoms with E-state index in [2.05, 4.69) is 24.1 Å². The quantitative estimate of drug-likeness (QED) is 0.811. The standard InChI is InChI=1S/C13H19NO2.ClH/c1-14-6-4-10-8-12(15-2)13(16-3)9-11(10)5-7-14;/h8-9H,4-7H2,1-3H3;1H. The van der Waals surface area contributed by atoms with Crippen LogP contribution in [-0.2, 0) is 12.8 Å². The molecule has 0 saturated carbocycles. The molecule has 2 rings (SSSR count). The minimum Gasteiger partial charge on any atom is -0.493 e. The molecule has 0 aromatic heterocycles. The van der Waals surface area contributed by atoms with E-state index in [1.165, 1.54) is 11.1 Å². The van der Waals surface area contributed by atoms with Crippen molar-refractivity contribution in [1.29, 1.82) is 0 Å². The number of hydrogen-bond acceptors (Lipinski definition) is 3. The molecule has 4 heteroatoms. The van der Waals surface area contributed by atoms with Crippen LogP contribution >= 0.6 is 12.4 Å². The highest BCUT2D eigenvalue weighted by Crippen LogP contribution is 2.31. The van der Waals surface area contributed by atoms with E-state index in [0.29, 0.717) is 0 Å². The van der Waals surface area contributed by atoms with Crippen LogP contribution in [0.4, 0.5) is 0 Å². The zero-order valence-electron chi connectivity index (χ0n) is 10.7. The van der Waals surface area contributed by atoms with Gasteiger partial charge in [0.15, 0.2) is 11.5 Å². The third-order valence-corrected chi connectivity index (χ3v) is 3.23. The Balaban J connectivity index is 0.00000144. The number of fused-ring (bicyclic) bond motifs is 1. The Bertz CT molecular complexity index is 347. The van der Waals surface area contributed by atoms with Crippen molar-refractivity contribution in [2.45, 2.75) is 12.8 Å². The molecule has 1 aliphatic rings. The first-order valence-electron chi connectivity index (χ1n) is 5.67. The topological polar surface area (TPSA) is 21.7 Å². The Morgan fingerprint density at radius 2 is 1.35 bits per heavy atom. The SMILES string of the molecule is COc1cc2c(cc1OC)CCN(C)CC2.Cl. The van der Waals surface area contributed by atoms with Gasteiger partial charge in [-0.3, -0.25) is 0 Å². The maximum absolute atomic E-state index is 5.33. The molecule has 0 N–H and O–H groups in total. The third-order valence-electron chi connectivity index (χ3n) is 3.23. The molecule has 1 aliphatic heterocycles. The van der Waals surface area contributed by atoms with Crippen molar-refractivity contribution in [1.82, 2.24) is 4.90 Å². The molecule has 96 valence electrons. The number of ether oxygens (including phenoxy) is 2. The van der Waals surface area contributed by atoms with Crippen LogP contribution in [0.5, 0.6) is 11.5 Å². The fourth-order valence-corrected chi connectivity index (χ4v) is 2.16. The van der Waals surface area contributed by atoms with Gasteiger partial charge in [0.05, 0.1) is 14.2 Å². The second-order valence-electron chi connectivity index (χ2n) is 4.28. The molecule has 0 fully saturated rings. The molecule has 0 spiro atoms. The Labute approximate surface area is 109 Å². The molecular weight excluding hydrogens is 238 g/mol. The predicted octanol–water partition coefficient (Wildman–Crippen LogP) is 2.16. The normalized spacial score (nSPS) is 15.5. The Kier molecular flexibility index (Phi) is 5.09. The smallest absolute Gasteiger partial charge is 0.161 e. The van der Waals surface area contributed by atoms with E-state index in [9.17, 15) is 0 Å². The fourth-order valence-electron chi connectivity index (χ4n) is 2.16. The van der Waals surface area contributed by atoms with Crippen molar-refractivity contribution in [2.75, 3.05) is 34.4 Å². The number of benzene rings is 1. The average Bonchev–Trinajstić information content (AvgIpc) is 2.50. The van der Waals surface area contributed by atoms with Crippen molar-refractivity contribution < 1.29 is 9.47 Å². The molecule has 0 bridgehead atoms. The molecule has 17 heavy (non-hydrogen) atoms. The Morgan fingerprint density at radius 3 is 1.71 bits per heavy atom. The average molecular weight is 258 g/mol. The fraction of sp³-hybridized carbons (Fsp3) is 0.538. The monoisotopic (exact) mass is 257 g/mol. The van der Waals surface area contributed by atoms with Crippen molar-refractivity contribution in [3.8, 4) is 11.5 Å². The van der Waals surface area contributed by atoms with E-state index in [0.717, 1.165) is 37.4 Å². The number of nitrogens with zero attached hydrogens (tertiary/aromatic N) is 1. The van der Waals surface area contributed by atoms with Gasteiger partial charge in [0.1, 0.15) is 0 Å². The van der Waals surface area contributed by atoms with E-state index in [1.807, 2.05) is 0 Å². The summed E-state index contributed by atoms with van der Waals surface area (Å²) in [5.41, 5.74) is 2.78. The van der Waals surface area contributed by atoms with Gasteiger partial charge in [-0.25, -0.2) is 0 Å². The maximum atomic E-state index is 5.33. The van der Waals surface area contributed by atoms with Gasteiger partial charge in [0, 0.05) is 13.1 Å². The first-order valence-corrected chi connectivity index (χ1v) is 5.67. The number of methoxy groups -OCH3 is 2. The molecule has 3 nitrogen and oxygen atoms in total. The van der Waals surface area contributed by atoms with Crippen molar-refractivity contribution in [2.24, 2.45) is 0 Å². The summed E-state index contributed by atoms with van der Waals surface area (Å²) in [7, 11) is 5.54. The Hall–Kier alpha value is -0.930. The van der Waals surface area contributed by atoms with Gasteiger partial charge in [-0.2, -0.15) is 0 Å². The lowest BCUT2D eigenvalue weighted by molar-refractivity contribution is 0.352. The van der Waals surface area contributed by atoms with E-state index >= 15 is 0 Å².